The summed E-state index contributed by atoms with van der Waals surface area (Å²) in [6.45, 7) is 1.98. The predicted octanol–water partition coefficient (Wildman–Crippen LogP) is 2.69. The lowest BCUT2D eigenvalue weighted by Gasteiger charge is -2.08. The first-order valence-corrected chi connectivity index (χ1v) is 6.14. The van der Waals surface area contributed by atoms with Crippen LogP contribution in [0.5, 0.6) is 17.2 Å². The van der Waals surface area contributed by atoms with Gasteiger partial charge < -0.3 is 19.0 Å². The van der Waals surface area contributed by atoms with Crippen molar-refractivity contribution < 1.29 is 19.0 Å². The van der Waals surface area contributed by atoms with Crippen molar-refractivity contribution in [3.05, 3.63) is 40.2 Å². The number of ether oxygens (including phenoxy) is 2. The summed E-state index contributed by atoms with van der Waals surface area (Å²) in [5.74, 6) is 1.22. The van der Waals surface area contributed by atoms with E-state index in [1.54, 1.807) is 18.2 Å². The van der Waals surface area contributed by atoms with Gasteiger partial charge in [0.15, 0.2) is 11.5 Å². The van der Waals surface area contributed by atoms with Crippen LogP contribution < -0.4 is 15.1 Å². The molecule has 3 aromatic rings. The van der Waals surface area contributed by atoms with Crippen LogP contribution in [0.2, 0.25) is 0 Å². The molecular weight excluding hydrogens is 260 g/mol. The van der Waals surface area contributed by atoms with Crippen molar-refractivity contribution in [1.29, 1.82) is 0 Å². The van der Waals surface area contributed by atoms with Gasteiger partial charge in [0.2, 0.25) is 6.79 Å². The third-order valence-electron chi connectivity index (χ3n) is 3.50. The number of phenolic OH excluding ortho intramolecular Hbond substituents is 1. The molecule has 0 radical (unpaired) electrons. The van der Waals surface area contributed by atoms with E-state index < -0.39 is 5.63 Å². The predicted molar refractivity (Wildman–Crippen MR) is 72.5 cm³/mol. The van der Waals surface area contributed by atoms with E-state index in [1.807, 2.05) is 6.92 Å². The van der Waals surface area contributed by atoms with Gasteiger partial charge >= 0.3 is 5.63 Å². The Morgan fingerprint density at radius 2 is 2.00 bits per heavy atom. The third-order valence-corrected chi connectivity index (χ3v) is 3.50. The molecule has 2 aromatic carbocycles. The summed E-state index contributed by atoms with van der Waals surface area (Å²) < 4.78 is 16.1. The molecule has 0 bridgehead atoms. The zero-order chi connectivity index (χ0) is 13.9. The highest BCUT2D eigenvalue weighted by molar-refractivity contribution is 6.10. The van der Waals surface area contributed by atoms with Crippen LogP contribution in [0.1, 0.15) is 5.56 Å². The molecule has 0 unspecified atom stereocenters. The molecule has 1 N–H and O–H groups in total. The summed E-state index contributed by atoms with van der Waals surface area (Å²) in [6.07, 6.45) is 0. The quantitative estimate of drug-likeness (QED) is 0.502. The number of hydrogen-bond donors (Lipinski definition) is 1. The minimum Gasteiger partial charge on any atom is -0.508 e. The molecule has 1 aromatic heterocycles. The second-order valence-corrected chi connectivity index (χ2v) is 4.75. The van der Waals surface area contributed by atoms with Gasteiger partial charge in [-0.1, -0.05) is 0 Å². The zero-order valence-electron chi connectivity index (χ0n) is 10.6. The van der Waals surface area contributed by atoms with E-state index in [9.17, 15) is 9.90 Å². The van der Waals surface area contributed by atoms with Crippen molar-refractivity contribution in [2.24, 2.45) is 0 Å². The smallest absolute Gasteiger partial charge is 0.344 e. The number of benzene rings is 2. The van der Waals surface area contributed by atoms with Crippen LogP contribution in [-0.2, 0) is 0 Å². The summed E-state index contributed by atoms with van der Waals surface area (Å²) in [4.78, 5) is 12.1. The van der Waals surface area contributed by atoms with Gasteiger partial charge in [-0.15, -0.1) is 0 Å². The van der Waals surface area contributed by atoms with E-state index in [2.05, 4.69) is 0 Å². The maximum atomic E-state index is 12.1. The van der Waals surface area contributed by atoms with Gasteiger partial charge in [0, 0.05) is 16.8 Å². The molecule has 20 heavy (non-hydrogen) atoms. The highest BCUT2D eigenvalue weighted by Crippen LogP contribution is 2.42. The van der Waals surface area contributed by atoms with Crippen LogP contribution in [0.3, 0.4) is 0 Å². The molecule has 1 aliphatic heterocycles. The first-order chi connectivity index (χ1) is 9.65. The van der Waals surface area contributed by atoms with Crippen molar-refractivity contribution >= 4 is 21.7 Å². The van der Waals surface area contributed by atoms with Crippen molar-refractivity contribution in [3.63, 3.8) is 0 Å². The lowest BCUT2D eigenvalue weighted by Crippen LogP contribution is -2.01. The molecule has 0 atom stereocenters. The molecule has 0 aliphatic carbocycles. The second-order valence-electron chi connectivity index (χ2n) is 4.75. The monoisotopic (exact) mass is 270 g/mol. The molecule has 0 saturated carbocycles. The minimum atomic E-state index is -0.462. The lowest BCUT2D eigenvalue weighted by molar-refractivity contribution is 0.175. The summed E-state index contributed by atoms with van der Waals surface area (Å²) in [6, 6.07) is 6.42. The molecule has 100 valence electrons. The fourth-order valence-electron chi connectivity index (χ4n) is 2.68. The van der Waals surface area contributed by atoms with Crippen molar-refractivity contribution in [1.82, 2.24) is 0 Å². The topological polar surface area (TPSA) is 68.9 Å². The van der Waals surface area contributed by atoms with E-state index in [-0.39, 0.29) is 12.5 Å². The molecular formula is C15H10O5. The first kappa shape index (κ1) is 11.2. The van der Waals surface area contributed by atoms with Crippen LogP contribution in [0.15, 0.2) is 33.5 Å². The van der Waals surface area contributed by atoms with Crippen LogP contribution in [0, 0.1) is 6.92 Å². The molecule has 0 saturated heterocycles. The Labute approximate surface area is 113 Å². The summed E-state index contributed by atoms with van der Waals surface area (Å²) in [5, 5.41) is 11.5. The fourth-order valence-corrected chi connectivity index (χ4v) is 2.68. The van der Waals surface area contributed by atoms with E-state index in [0.717, 1.165) is 10.9 Å². The average molecular weight is 270 g/mol. The van der Waals surface area contributed by atoms with Gasteiger partial charge in [-0.2, -0.15) is 0 Å². The van der Waals surface area contributed by atoms with Crippen molar-refractivity contribution in [3.8, 4) is 17.2 Å². The van der Waals surface area contributed by atoms with Gasteiger partial charge in [-0.05, 0) is 30.7 Å². The Morgan fingerprint density at radius 1 is 1.15 bits per heavy atom. The number of rotatable bonds is 0. The van der Waals surface area contributed by atoms with Gasteiger partial charge in [-0.25, -0.2) is 4.79 Å². The van der Waals surface area contributed by atoms with Gasteiger partial charge in [-0.3, -0.25) is 0 Å². The summed E-state index contributed by atoms with van der Waals surface area (Å²) in [5.41, 5.74) is 0.678. The first-order valence-electron chi connectivity index (χ1n) is 6.14. The number of aryl methyl sites for hydroxylation is 1. The van der Waals surface area contributed by atoms with Crippen LogP contribution in [-0.4, -0.2) is 11.9 Å². The molecule has 2 heterocycles. The number of phenols is 1. The van der Waals surface area contributed by atoms with Crippen molar-refractivity contribution in [2.45, 2.75) is 6.92 Å². The molecule has 1 aliphatic rings. The maximum absolute atomic E-state index is 12.1. The Hall–Kier alpha value is -2.69. The second kappa shape index (κ2) is 3.66. The van der Waals surface area contributed by atoms with Crippen molar-refractivity contribution in [2.75, 3.05) is 6.79 Å². The highest BCUT2D eigenvalue weighted by Gasteiger charge is 2.22. The lowest BCUT2D eigenvalue weighted by atomic mass is 10.0. The Kier molecular flexibility index (Phi) is 2.04. The van der Waals surface area contributed by atoms with Crippen LogP contribution in [0.4, 0.5) is 0 Å². The zero-order valence-corrected chi connectivity index (χ0v) is 10.6. The van der Waals surface area contributed by atoms with Gasteiger partial charge in [0.25, 0.3) is 0 Å². The highest BCUT2D eigenvalue weighted by atomic mass is 16.7. The van der Waals surface area contributed by atoms with Gasteiger partial charge in [0.05, 0.1) is 5.39 Å². The standard InChI is InChI=1S/C15H10O5/c1-7-4-8(16)5-11-12(7)13-9(15(17)20-11)2-3-10-14(13)19-6-18-10/h2-5,16H,6H2,1H3. The number of aromatic hydroxyl groups is 1. The molecule has 0 fully saturated rings. The minimum absolute atomic E-state index is 0.0576. The maximum Gasteiger partial charge on any atom is 0.344 e. The number of hydrogen-bond acceptors (Lipinski definition) is 5. The average Bonchev–Trinajstić information content (AvgIpc) is 2.85. The van der Waals surface area contributed by atoms with E-state index in [1.165, 1.54) is 6.07 Å². The largest absolute Gasteiger partial charge is 0.508 e. The van der Waals surface area contributed by atoms with E-state index in [4.69, 9.17) is 13.9 Å². The summed E-state index contributed by atoms with van der Waals surface area (Å²) in [7, 11) is 0. The molecule has 5 nitrogen and oxygen atoms in total. The Balaban J connectivity index is 2.34. The Bertz CT molecular complexity index is 923. The van der Waals surface area contributed by atoms with Crippen LogP contribution in [0.25, 0.3) is 21.7 Å². The van der Waals surface area contributed by atoms with Crippen LogP contribution >= 0.6 is 0 Å². The fraction of sp³-hybridized carbons (Fsp3) is 0.133. The van der Waals surface area contributed by atoms with E-state index >= 15 is 0 Å². The van der Waals surface area contributed by atoms with E-state index in [0.29, 0.717) is 27.9 Å². The molecule has 0 amide bonds. The summed E-state index contributed by atoms with van der Waals surface area (Å²) >= 11 is 0. The SMILES string of the molecule is Cc1cc(O)cc2oc(=O)c3ccc4c(c3c12)OCO4. The third kappa shape index (κ3) is 1.34. The Morgan fingerprint density at radius 3 is 2.85 bits per heavy atom. The molecule has 5 heteroatoms. The van der Waals surface area contributed by atoms with Gasteiger partial charge in [0.1, 0.15) is 11.3 Å². The normalized spacial score (nSPS) is 13.2. The molecule has 4 rings (SSSR count). The molecule has 0 spiro atoms. The number of fused-ring (bicyclic) bond motifs is 5.